The van der Waals surface area contributed by atoms with Crippen molar-refractivity contribution in [2.24, 2.45) is 7.05 Å². The van der Waals surface area contributed by atoms with Crippen molar-refractivity contribution in [3.8, 4) is 11.5 Å². The maximum absolute atomic E-state index is 13.1. The first-order chi connectivity index (χ1) is 19.2. The number of amides is 2. The smallest absolute Gasteiger partial charge is 0.341 e. The van der Waals surface area contributed by atoms with Gasteiger partial charge in [-0.3, -0.25) is 9.59 Å². The lowest BCUT2D eigenvalue weighted by molar-refractivity contribution is -0.115. The molecule has 1 atom stereocenters. The van der Waals surface area contributed by atoms with Gasteiger partial charge in [-0.25, -0.2) is 4.79 Å². The monoisotopic (exact) mass is 587 g/mol. The predicted molar refractivity (Wildman–Crippen MR) is 153 cm³/mol. The van der Waals surface area contributed by atoms with Crippen molar-refractivity contribution in [1.82, 2.24) is 20.1 Å². The highest BCUT2D eigenvalue weighted by molar-refractivity contribution is 8.00. The van der Waals surface area contributed by atoms with Crippen LogP contribution in [-0.4, -0.2) is 58.6 Å². The molecule has 0 spiro atoms. The molecule has 2 amide bonds. The second-order valence-electron chi connectivity index (χ2n) is 9.13. The zero-order valence-electron chi connectivity index (χ0n) is 23.2. The Bertz CT molecular complexity index is 1380. The molecule has 2 heterocycles. The Morgan fingerprint density at radius 3 is 2.48 bits per heavy atom. The molecule has 0 radical (unpaired) electrons. The van der Waals surface area contributed by atoms with Crippen molar-refractivity contribution in [3.05, 3.63) is 45.6 Å². The molecule has 0 bridgehead atoms. The molecule has 2 aromatic heterocycles. The van der Waals surface area contributed by atoms with E-state index in [-0.39, 0.29) is 25.0 Å². The fourth-order valence-corrected chi connectivity index (χ4v) is 6.41. The molecule has 1 aliphatic carbocycles. The van der Waals surface area contributed by atoms with Crippen molar-refractivity contribution in [1.29, 1.82) is 0 Å². The molecular formula is C27H33N5O6S2. The molecule has 4 rings (SSSR count). The van der Waals surface area contributed by atoms with Crippen LogP contribution in [0.15, 0.2) is 23.4 Å². The molecule has 3 aromatic rings. The first kappa shape index (κ1) is 29.4. The average Bonchev–Trinajstić information content (AvgIpc) is 3.50. The van der Waals surface area contributed by atoms with E-state index >= 15 is 0 Å². The van der Waals surface area contributed by atoms with Gasteiger partial charge in [-0.1, -0.05) is 11.8 Å². The number of rotatable bonds is 11. The van der Waals surface area contributed by atoms with Gasteiger partial charge in [0.15, 0.2) is 11.0 Å². The minimum Gasteiger partial charge on any atom is -0.497 e. The number of carbonyl (C=O) groups excluding carboxylic acids is 3. The molecule has 13 heteroatoms. The van der Waals surface area contributed by atoms with E-state index in [1.807, 2.05) is 0 Å². The van der Waals surface area contributed by atoms with E-state index in [0.29, 0.717) is 38.6 Å². The molecule has 2 N–H and O–H groups in total. The van der Waals surface area contributed by atoms with Crippen LogP contribution in [0.3, 0.4) is 0 Å². The number of thioether (sulfide) groups is 1. The van der Waals surface area contributed by atoms with Gasteiger partial charge in [-0.15, -0.1) is 21.5 Å². The van der Waals surface area contributed by atoms with Gasteiger partial charge in [0, 0.05) is 23.6 Å². The van der Waals surface area contributed by atoms with E-state index in [9.17, 15) is 14.4 Å². The van der Waals surface area contributed by atoms with E-state index in [0.717, 1.165) is 36.1 Å². The molecule has 40 heavy (non-hydrogen) atoms. The number of carbonyl (C=O) groups is 3. The summed E-state index contributed by atoms with van der Waals surface area (Å²) in [7, 11) is 4.81. The number of anilines is 1. The number of thiophene rings is 1. The van der Waals surface area contributed by atoms with Gasteiger partial charge in [0.1, 0.15) is 16.5 Å². The lowest BCUT2D eigenvalue weighted by atomic mass is 9.95. The Hall–Kier alpha value is -3.58. The predicted octanol–water partition coefficient (Wildman–Crippen LogP) is 4.00. The zero-order valence-corrected chi connectivity index (χ0v) is 24.8. The molecule has 0 aliphatic heterocycles. The highest BCUT2D eigenvalue weighted by atomic mass is 32.2. The number of methoxy groups -OCH3 is 2. The van der Waals surface area contributed by atoms with Crippen LogP contribution in [0, 0.1) is 0 Å². The summed E-state index contributed by atoms with van der Waals surface area (Å²) in [6.45, 7) is 3.94. The number of hydrogen-bond acceptors (Lipinski definition) is 10. The molecular weight excluding hydrogens is 554 g/mol. The van der Waals surface area contributed by atoms with Crippen molar-refractivity contribution in [2.75, 3.05) is 26.1 Å². The molecule has 1 aliphatic rings. The van der Waals surface area contributed by atoms with Crippen molar-refractivity contribution in [2.45, 2.75) is 56.5 Å². The summed E-state index contributed by atoms with van der Waals surface area (Å²) < 4.78 is 17.5. The molecule has 0 saturated carbocycles. The molecule has 1 unspecified atom stereocenters. The third-order valence-electron chi connectivity index (χ3n) is 6.48. The molecule has 0 fully saturated rings. The van der Waals surface area contributed by atoms with Crippen molar-refractivity contribution in [3.63, 3.8) is 0 Å². The van der Waals surface area contributed by atoms with Crippen LogP contribution in [0.4, 0.5) is 5.00 Å². The summed E-state index contributed by atoms with van der Waals surface area (Å²) in [5, 5.41) is 14.7. The van der Waals surface area contributed by atoms with Gasteiger partial charge in [0.2, 0.25) is 5.91 Å². The van der Waals surface area contributed by atoms with Gasteiger partial charge < -0.3 is 29.4 Å². The summed E-state index contributed by atoms with van der Waals surface area (Å²) in [4.78, 5) is 39.7. The van der Waals surface area contributed by atoms with Crippen LogP contribution >= 0.6 is 23.1 Å². The number of ether oxygens (including phenoxy) is 3. The normalized spacial score (nSPS) is 13.2. The second-order valence-corrected chi connectivity index (χ2v) is 11.5. The highest BCUT2D eigenvalue weighted by Gasteiger charge is 2.29. The Balaban J connectivity index is 1.40. The molecule has 0 saturated heterocycles. The summed E-state index contributed by atoms with van der Waals surface area (Å²) in [6.07, 6.45) is 3.79. The Kier molecular flexibility index (Phi) is 9.69. The SMILES string of the molecule is CCOC(=O)c1c(NC(=O)C(C)Sc2nnc(CNC(=O)c3cc(OC)cc(OC)c3)n2C)sc2c1CCCC2. The van der Waals surface area contributed by atoms with Gasteiger partial charge >= 0.3 is 5.97 Å². The average molecular weight is 588 g/mol. The maximum Gasteiger partial charge on any atom is 0.341 e. The maximum atomic E-state index is 13.1. The third-order valence-corrected chi connectivity index (χ3v) is 8.83. The zero-order chi connectivity index (χ0) is 28.8. The summed E-state index contributed by atoms with van der Waals surface area (Å²) >= 11 is 2.69. The van der Waals surface area contributed by atoms with Gasteiger partial charge in [0.25, 0.3) is 5.91 Å². The lowest BCUT2D eigenvalue weighted by Crippen LogP contribution is -2.25. The number of aromatic nitrogens is 3. The number of nitrogens with zero attached hydrogens (tertiary/aromatic N) is 3. The summed E-state index contributed by atoms with van der Waals surface area (Å²) in [6, 6.07) is 4.92. The standard InChI is InChI=1S/C27H33N5O6S2/c1-6-38-26(35)22-19-9-7-8-10-20(19)40-25(22)29-23(33)15(2)39-27-31-30-21(32(27)3)14-28-24(34)16-11-17(36-4)13-18(12-16)37-5/h11-13,15H,6-10,14H2,1-5H3,(H,28,34)(H,29,33). The van der Waals surface area contributed by atoms with E-state index in [2.05, 4.69) is 20.8 Å². The van der Waals surface area contributed by atoms with E-state index in [4.69, 9.17) is 14.2 Å². The number of fused-ring (bicyclic) bond motifs is 1. The first-order valence-corrected chi connectivity index (χ1v) is 14.6. The van der Waals surface area contributed by atoms with Crippen LogP contribution in [0.25, 0.3) is 0 Å². The minimum atomic E-state index is -0.524. The first-order valence-electron chi connectivity index (χ1n) is 12.9. The van der Waals surface area contributed by atoms with Crippen LogP contribution in [0.1, 0.15) is 63.7 Å². The number of esters is 1. The van der Waals surface area contributed by atoms with Crippen LogP contribution in [-0.2, 0) is 36.0 Å². The number of hydrogen-bond donors (Lipinski definition) is 2. The number of aryl methyl sites for hydroxylation is 1. The third kappa shape index (κ3) is 6.58. The molecule has 214 valence electrons. The van der Waals surface area contributed by atoms with Gasteiger partial charge in [0.05, 0.1) is 38.2 Å². The van der Waals surface area contributed by atoms with E-state index in [1.165, 1.54) is 37.3 Å². The Morgan fingerprint density at radius 1 is 1.10 bits per heavy atom. The van der Waals surface area contributed by atoms with Crippen LogP contribution < -0.4 is 20.1 Å². The topological polar surface area (TPSA) is 134 Å². The largest absolute Gasteiger partial charge is 0.497 e. The lowest BCUT2D eigenvalue weighted by Gasteiger charge is -2.13. The van der Waals surface area contributed by atoms with E-state index < -0.39 is 11.2 Å². The molecule has 1 aromatic carbocycles. The van der Waals surface area contributed by atoms with Crippen molar-refractivity contribution >= 4 is 45.9 Å². The fraction of sp³-hybridized carbons (Fsp3) is 0.444. The van der Waals surface area contributed by atoms with Crippen molar-refractivity contribution < 1.29 is 28.6 Å². The number of benzene rings is 1. The summed E-state index contributed by atoms with van der Waals surface area (Å²) in [5.74, 6) is 0.563. The quantitative estimate of drug-likeness (QED) is 0.252. The Labute approximate surface area is 241 Å². The van der Waals surface area contributed by atoms with Crippen LogP contribution in [0.2, 0.25) is 0 Å². The summed E-state index contributed by atoms with van der Waals surface area (Å²) in [5.41, 5.74) is 1.87. The number of nitrogens with one attached hydrogen (secondary N) is 2. The van der Waals surface area contributed by atoms with Gasteiger partial charge in [-0.2, -0.15) is 0 Å². The second kappa shape index (κ2) is 13.2. The van der Waals surface area contributed by atoms with Crippen LogP contribution in [0.5, 0.6) is 11.5 Å². The fourth-order valence-electron chi connectivity index (χ4n) is 4.30. The van der Waals surface area contributed by atoms with E-state index in [1.54, 1.807) is 43.7 Å². The Morgan fingerprint density at radius 2 is 1.80 bits per heavy atom. The molecule has 11 nitrogen and oxygen atoms in total. The highest BCUT2D eigenvalue weighted by Crippen LogP contribution is 2.39. The van der Waals surface area contributed by atoms with Gasteiger partial charge in [-0.05, 0) is 57.2 Å². The minimum absolute atomic E-state index is 0.132.